The molecule has 1 saturated heterocycles. The van der Waals surface area contributed by atoms with Crippen molar-refractivity contribution in [2.75, 3.05) is 18.4 Å². The summed E-state index contributed by atoms with van der Waals surface area (Å²) in [6.45, 7) is 2.34. The number of hydrogen-bond acceptors (Lipinski definition) is 3. The predicted octanol–water partition coefficient (Wildman–Crippen LogP) is 3.81. The summed E-state index contributed by atoms with van der Waals surface area (Å²) in [7, 11) is 0. The molecule has 1 aliphatic rings. The van der Waals surface area contributed by atoms with Gasteiger partial charge in [-0.2, -0.15) is 0 Å². The van der Waals surface area contributed by atoms with E-state index in [-0.39, 0.29) is 6.03 Å². The monoisotopic (exact) mass is 375 g/mol. The van der Waals surface area contributed by atoms with Gasteiger partial charge in [-0.15, -0.1) is 10.2 Å². The molecule has 0 saturated carbocycles. The number of nitrogens with zero attached hydrogens (tertiary/aromatic N) is 4. The number of amides is 2. The van der Waals surface area contributed by atoms with Gasteiger partial charge in [-0.1, -0.05) is 48.5 Å². The summed E-state index contributed by atoms with van der Waals surface area (Å²) in [5, 5.41) is 11.4. The summed E-state index contributed by atoms with van der Waals surface area (Å²) < 4.78 is 2.13. The summed E-state index contributed by atoms with van der Waals surface area (Å²) in [5.41, 5.74) is 2.08. The third kappa shape index (κ3) is 4.57. The molecule has 4 rings (SSSR count). The van der Waals surface area contributed by atoms with Gasteiger partial charge in [-0.05, 0) is 36.5 Å². The Bertz CT molecular complexity index is 886. The molecule has 0 aliphatic carbocycles. The van der Waals surface area contributed by atoms with E-state index in [0.717, 1.165) is 50.4 Å². The molecule has 0 bridgehead atoms. The summed E-state index contributed by atoms with van der Waals surface area (Å²) in [6, 6.07) is 20.0. The molecule has 1 N–H and O–H groups in total. The number of aromatic nitrogens is 3. The van der Waals surface area contributed by atoms with Crippen molar-refractivity contribution in [1.29, 1.82) is 0 Å². The Labute approximate surface area is 165 Å². The number of benzene rings is 2. The number of anilines is 1. The van der Waals surface area contributed by atoms with Gasteiger partial charge in [-0.25, -0.2) is 4.79 Å². The summed E-state index contributed by atoms with van der Waals surface area (Å²) in [5.74, 6) is 1.55. The highest BCUT2D eigenvalue weighted by molar-refractivity contribution is 5.89. The summed E-state index contributed by atoms with van der Waals surface area (Å²) >= 11 is 0. The van der Waals surface area contributed by atoms with Crippen molar-refractivity contribution in [2.45, 2.75) is 25.8 Å². The van der Waals surface area contributed by atoms with Crippen molar-refractivity contribution in [3.63, 3.8) is 0 Å². The van der Waals surface area contributed by atoms with Gasteiger partial charge in [0.05, 0.1) is 6.54 Å². The molecule has 0 atom stereocenters. The van der Waals surface area contributed by atoms with Crippen LogP contribution in [0.15, 0.2) is 67.0 Å². The van der Waals surface area contributed by atoms with Gasteiger partial charge in [-0.3, -0.25) is 0 Å². The van der Waals surface area contributed by atoms with Crippen LogP contribution in [0.25, 0.3) is 0 Å². The van der Waals surface area contributed by atoms with Crippen molar-refractivity contribution in [3.8, 4) is 0 Å². The van der Waals surface area contributed by atoms with Crippen LogP contribution in [-0.2, 0) is 13.0 Å². The minimum atomic E-state index is -0.0168. The molecule has 6 heteroatoms. The van der Waals surface area contributed by atoms with E-state index < -0.39 is 0 Å². The molecule has 0 radical (unpaired) electrons. The van der Waals surface area contributed by atoms with E-state index in [2.05, 4.69) is 44.3 Å². The molecule has 1 aliphatic heterocycles. The normalized spacial score (nSPS) is 14.8. The quantitative estimate of drug-likeness (QED) is 0.737. The van der Waals surface area contributed by atoms with Gasteiger partial charge >= 0.3 is 6.03 Å². The maximum Gasteiger partial charge on any atom is 0.321 e. The number of rotatable bonds is 5. The van der Waals surface area contributed by atoms with Crippen LogP contribution >= 0.6 is 0 Å². The third-order valence-corrected chi connectivity index (χ3v) is 5.29. The summed E-state index contributed by atoms with van der Waals surface area (Å²) in [6.07, 6.45) is 4.69. The number of nitrogens with one attached hydrogen (secondary N) is 1. The van der Waals surface area contributed by atoms with Crippen molar-refractivity contribution in [3.05, 3.63) is 78.4 Å². The maximum atomic E-state index is 12.4. The van der Waals surface area contributed by atoms with Crippen LogP contribution in [0.1, 0.15) is 24.2 Å². The zero-order valence-corrected chi connectivity index (χ0v) is 15.9. The molecule has 1 aromatic heterocycles. The standard InChI is InChI=1S/C22H25N5O/c28-22(24-20-9-5-2-6-10-20)26-13-11-18(12-14-26)15-21-25-23-17-27(21)16-19-7-3-1-4-8-19/h1-10,17-18H,11-16H2,(H,24,28). The highest BCUT2D eigenvalue weighted by Gasteiger charge is 2.24. The van der Waals surface area contributed by atoms with Gasteiger partial charge < -0.3 is 14.8 Å². The lowest BCUT2D eigenvalue weighted by atomic mass is 9.93. The molecule has 6 nitrogen and oxygen atoms in total. The van der Waals surface area contributed by atoms with Crippen LogP contribution < -0.4 is 5.32 Å². The first-order chi connectivity index (χ1) is 13.8. The van der Waals surface area contributed by atoms with Crippen LogP contribution in [0.3, 0.4) is 0 Å². The van der Waals surface area contributed by atoms with Gasteiger partial charge in [0.2, 0.25) is 0 Å². The topological polar surface area (TPSA) is 63.1 Å². The van der Waals surface area contributed by atoms with E-state index in [0.29, 0.717) is 5.92 Å². The Morgan fingerprint density at radius 3 is 2.39 bits per heavy atom. The maximum absolute atomic E-state index is 12.4. The van der Waals surface area contributed by atoms with E-state index >= 15 is 0 Å². The Morgan fingerprint density at radius 1 is 1.00 bits per heavy atom. The second kappa shape index (κ2) is 8.69. The molecule has 2 aromatic carbocycles. The van der Waals surface area contributed by atoms with Crippen LogP contribution in [0, 0.1) is 5.92 Å². The largest absolute Gasteiger partial charge is 0.325 e. The highest BCUT2D eigenvalue weighted by atomic mass is 16.2. The van der Waals surface area contributed by atoms with E-state index in [1.807, 2.05) is 47.6 Å². The Kier molecular flexibility index (Phi) is 5.66. The van der Waals surface area contributed by atoms with E-state index in [1.165, 1.54) is 5.56 Å². The number of para-hydroxylation sites is 1. The van der Waals surface area contributed by atoms with E-state index in [9.17, 15) is 4.79 Å². The lowest BCUT2D eigenvalue weighted by Crippen LogP contribution is -2.41. The van der Waals surface area contributed by atoms with Crippen LogP contribution in [-0.4, -0.2) is 38.8 Å². The first kappa shape index (κ1) is 18.2. The van der Waals surface area contributed by atoms with Crippen LogP contribution in [0.4, 0.5) is 10.5 Å². The minimum absolute atomic E-state index is 0.0168. The fourth-order valence-corrected chi connectivity index (χ4v) is 3.67. The van der Waals surface area contributed by atoms with Gasteiger partial charge in [0, 0.05) is 25.2 Å². The molecule has 1 fully saturated rings. The first-order valence-electron chi connectivity index (χ1n) is 9.79. The number of likely N-dealkylation sites (tertiary alicyclic amines) is 1. The number of piperidine rings is 1. The SMILES string of the molecule is O=C(Nc1ccccc1)N1CCC(Cc2nncn2Cc2ccccc2)CC1. The molecule has 144 valence electrons. The summed E-state index contributed by atoms with van der Waals surface area (Å²) in [4.78, 5) is 14.3. The smallest absolute Gasteiger partial charge is 0.321 e. The predicted molar refractivity (Wildman–Crippen MR) is 109 cm³/mol. The number of hydrogen-bond donors (Lipinski definition) is 1. The van der Waals surface area contributed by atoms with E-state index in [4.69, 9.17) is 0 Å². The van der Waals surface area contributed by atoms with Crippen LogP contribution in [0.5, 0.6) is 0 Å². The molecule has 28 heavy (non-hydrogen) atoms. The van der Waals surface area contributed by atoms with Gasteiger partial charge in [0.1, 0.15) is 12.2 Å². The molecule has 0 spiro atoms. The number of urea groups is 1. The van der Waals surface area contributed by atoms with Crippen molar-refractivity contribution >= 4 is 11.7 Å². The Hall–Kier alpha value is -3.15. The lowest BCUT2D eigenvalue weighted by Gasteiger charge is -2.31. The van der Waals surface area contributed by atoms with Gasteiger partial charge in [0.25, 0.3) is 0 Å². The second-order valence-electron chi connectivity index (χ2n) is 7.29. The van der Waals surface area contributed by atoms with E-state index in [1.54, 1.807) is 0 Å². The fraction of sp³-hybridized carbons (Fsp3) is 0.318. The average Bonchev–Trinajstić information content (AvgIpc) is 3.16. The Balaban J connectivity index is 1.29. The van der Waals surface area contributed by atoms with Crippen molar-refractivity contribution in [1.82, 2.24) is 19.7 Å². The number of carbonyl (C=O) groups excluding carboxylic acids is 1. The zero-order chi connectivity index (χ0) is 19.2. The molecule has 2 amide bonds. The Morgan fingerprint density at radius 2 is 1.68 bits per heavy atom. The molecular weight excluding hydrogens is 350 g/mol. The van der Waals surface area contributed by atoms with Crippen molar-refractivity contribution < 1.29 is 4.79 Å². The number of carbonyl (C=O) groups is 1. The average molecular weight is 375 g/mol. The minimum Gasteiger partial charge on any atom is -0.325 e. The first-order valence-corrected chi connectivity index (χ1v) is 9.79. The molecule has 0 unspecified atom stereocenters. The van der Waals surface area contributed by atoms with Gasteiger partial charge in [0.15, 0.2) is 0 Å². The molecule has 2 heterocycles. The third-order valence-electron chi connectivity index (χ3n) is 5.29. The lowest BCUT2D eigenvalue weighted by molar-refractivity contribution is 0.181. The zero-order valence-electron chi connectivity index (χ0n) is 15.9. The second-order valence-corrected chi connectivity index (χ2v) is 7.29. The van der Waals surface area contributed by atoms with Crippen LogP contribution in [0.2, 0.25) is 0 Å². The molecular formula is C22H25N5O. The van der Waals surface area contributed by atoms with Crippen molar-refractivity contribution in [2.24, 2.45) is 5.92 Å². The fourth-order valence-electron chi connectivity index (χ4n) is 3.67. The molecule has 3 aromatic rings. The highest BCUT2D eigenvalue weighted by Crippen LogP contribution is 2.22.